The van der Waals surface area contributed by atoms with Gasteiger partial charge in [-0.25, -0.2) is 4.68 Å². The van der Waals surface area contributed by atoms with Crippen molar-refractivity contribution in [1.82, 2.24) is 14.8 Å². The van der Waals surface area contributed by atoms with Crippen molar-refractivity contribution in [3.8, 4) is 16.9 Å². The zero-order valence-electron chi connectivity index (χ0n) is 14.2. The van der Waals surface area contributed by atoms with Crippen LogP contribution in [0.1, 0.15) is 10.4 Å². The fourth-order valence-corrected chi connectivity index (χ4v) is 2.83. The van der Waals surface area contributed by atoms with Gasteiger partial charge in [-0.3, -0.25) is 9.78 Å². The van der Waals surface area contributed by atoms with Crippen molar-refractivity contribution >= 4 is 23.2 Å². The van der Waals surface area contributed by atoms with Crippen molar-refractivity contribution in [3.63, 3.8) is 0 Å². The third-order valence-corrected chi connectivity index (χ3v) is 4.27. The lowest BCUT2D eigenvalue weighted by molar-refractivity contribution is 0.102. The number of amides is 1. The van der Waals surface area contributed by atoms with Crippen LogP contribution in [0.4, 0.5) is 5.69 Å². The second kappa shape index (κ2) is 7.43. The molecule has 6 heteroatoms. The highest BCUT2D eigenvalue weighted by atomic mass is 35.5. The zero-order valence-corrected chi connectivity index (χ0v) is 15.0. The van der Waals surface area contributed by atoms with Crippen molar-refractivity contribution < 1.29 is 4.79 Å². The molecule has 0 aliphatic rings. The van der Waals surface area contributed by atoms with Crippen LogP contribution < -0.4 is 5.32 Å². The topological polar surface area (TPSA) is 59.8 Å². The van der Waals surface area contributed by atoms with Crippen LogP contribution in [0.25, 0.3) is 16.9 Å². The van der Waals surface area contributed by atoms with E-state index in [1.54, 1.807) is 47.5 Å². The molecule has 2 aromatic heterocycles. The smallest absolute Gasteiger partial charge is 0.259 e. The van der Waals surface area contributed by atoms with Crippen molar-refractivity contribution in [3.05, 3.63) is 95.9 Å². The summed E-state index contributed by atoms with van der Waals surface area (Å²) in [5.41, 5.74) is 3.33. The van der Waals surface area contributed by atoms with E-state index < -0.39 is 0 Å². The minimum Gasteiger partial charge on any atom is -0.322 e. The fourth-order valence-electron chi connectivity index (χ4n) is 2.70. The molecule has 0 atom stereocenters. The van der Waals surface area contributed by atoms with E-state index in [2.05, 4.69) is 15.4 Å². The molecule has 0 unspecified atom stereocenters. The number of hydrogen-bond acceptors (Lipinski definition) is 3. The summed E-state index contributed by atoms with van der Waals surface area (Å²) >= 11 is 5.91. The number of anilines is 1. The number of para-hydroxylation sites is 1. The molecule has 0 radical (unpaired) electrons. The Hall–Kier alpha value is -3.44. The predicted octanol–water partition coefficient (Wildman–Crippen LogP) is 4.84. The van der Waals surface area contributed by atoms with Crippen LogP contribution >= 0.6 is 11.6 Å². The van der Waals surface area contributed by atoms with Crippen molar-refractivity contribution in [1.29, 1.82) is 0 Å². The van der Waals surface area contributed by atoms with Gasteiger partial charge >= 0.3 is 0 Å². The minimum atomic E-state index is -0.252. The summed E-state index contributed by atoms with van der Waals surface area (Å²) in [7, 11) is 0. The largest absolute Gasteiger partial charge is 0.322 e. The molecule has 0 aliphatic carbocycles. The number of pyridine rings is 1. The molecule has 4 aromatic rings. The van der Waals surface area contributed by atoms with Crippen LogP contribution in [0.15, 0.2) is 85.3 Å². The van der Waals surface area contributed by atoms with Gasteiger partial charge in [0.15, 0.2) is 0 Å². The van der Waals surface area contributed by atoms with Crippen molar-refractivity contribution in [2.75, 3.05) is 5.32 Å². The first-order valence-electron chi connectivity index (χ1n) is 8.33. The standard InChI is InChI=1S/C21H15ClN4O/c22-16-8-10-17(11-9-16)24-21(27)19-14-26(18-6-2-1-3-7-18)25-20(19)15-5-4-12-23-13-15/h1-14H,(H,24,27). The van der Waals surface area contributed by atoms with Crippen LogP contribution in [0.2, 0.25) is 5.02 Å². The molecule has 5 nitrogen and oxygen atoms in total. The maximum Gasteiger partial charge on any atom is 0.259 e. The third-order valence-electron chi connectivity index (χ3n) is 4.02. The summed E-state index contributed by atoms with van der Waals surface area (Å²) < 4.78 is 1.69. The van der Waals surface area contributed by atoms with Gasteiger partial charge in [-0.1, -0.05) is 29.8 Å². The fraction of sp³-hybridized carbons (Fsp3) is 0. The first-order valence-corrected chi connectivity index (χ1v) is 8.71. The number of carbonyl (C=O) groups excluding carboxylic acids is 1. The molecule has 0 saturated heterocycles. The Morgan fingerprint density at radius 3 is 2.44 bits per heavy atom. The van der Waals surface area contributed by atoms with Gasteiger partial charge in [-0.05, 0) is 48.5 Å². The number of benzene rings is 2. The quantitative estimate of drug-likeness (QED) is 0.556. The molecule has 4 rings (SSSR count). The zero-order chi connectivity index (χ0) is 18.6. The normalized spacial score (nSPS) is 10.6. The number of carbonyl (C=O) groups is 1. The van der Waals surface area contributed by atoms with Crippen molar-refractivity contribution in [2.45, 2.75) is 0 Å². The van der Waals surface area contributed by atoms with Crippen molar-refractivity contribution in [2.24, 2.45) is 0 Å². The number of aromatic nitrogens is 3. The Kier molecular flexibility index (Phi) is 4.68. The Bertz CT molecular complexity index is 1060. The maximum atomic E-state index is 12.9. The lowest BCUT2D eigenvalue weighted by Gasteiger charge is -2.05. The molecular formula is C21H15ClN4O. The predicted molar refractivity (Wildman–Crippen MR) is 106 cm³/mol. The maximum absolute atomic E-state index is 12.9. The van der Waals surface area contributed by atoms with Crippen LogP contribution in [0.3, 0.4) is 0 Å². The molecule has 0 spiro atoms. The SMILES string of the molecule is O=C(Nc1ccc(Cl)cc1)c1cn(-c2ccccc2)nc1-c1cccnc1. The molecule has 0 saturated carbocycles. The summed E-state index contributed by atoms with van der Waals surface area (Å²) in [6, 6.07) is 20.3. The first-order chi connectivity index (χ1) is 13.2. The van der Waals surface area contributed by atoms with Crippen LogP contribution in [0, 0.1) is 0 Å². The summed E-state index contributed by atoms with van der Waals surface area (Å²) in [5, 5.41) is 8.12. The van der Waals surface area contributed by atoms with Gasteiger partial charge in [0, 0.05) is 34.9 Å². The average molecular weight is 375 g/mol. The Morgan fingerprint density at radius 2 is 1.74 bits per heavy atom. The second-order valence-electron chi connectivity index (χ2n) is 5.87. The molecule has 132 valence electrons. The third kappa shape index (κ3) is 3.73. The molecule has 1 amide bonds. The monoisotopic (exact) mass is 374 g/mol. The summed E-state index contributed by atoms with van der Waals surface area (Å²) in [5.74, 6) is -0.252. The highest BCUT2D eigenvalue weighted by molar-refractivity contribution is 6.30. The van der Waals surface area contributed by atoms with Gasteiger partial charge in [0.1, 0.15) is 5.69 Å². The summed E-state index contributed by atoms with van der Waals surface area (Å²) in [6.45, 7) is 0. The molecule has 0 aliphatic heterocycles. The van der Waals surface area contributed by atoms with Gasteiger partial charge in [0.05, 0.1) is 11.3 Å². The van der Waals surface area contributed by atoms with E-state index in [4.69, 9.17) is 11.6 Å². The Labute approximate surface area is 161 Å². The van der Waals surface area contributed by atoms with E-state index in [0.29, 0.717) is 22.0 Å². The van der Waals surface area contributed by atoms with Crippen LogP contribution in [-0.2, 0) is 0 Å². The number of nitrogens with one attached hydrogen (secondary N) is 1. The molecule has 27 heavy (non-hydrogen) atoms. The van der Waals surface area contributed by atoms with Gasteiger partial charge in [0.25, 0.3) is 5.91 Å². The number of halogens is 1. The van der Waals surface area contributed by atoms with Crippen LogP contribution in [-0.4, -0.2) is 20.7 Å². The van der Waals surface area contributed by atoms with Gasteiger partial charge in [-0.15, -0.1) is 0 Å². The van der Waals surface area contributed by atoms with Gasteiger partial charge < -0.3 is 5.32 Å². The summed E-state index contributed by atoms with van der Waals surface area (Å²) in [6.07, 6.45) is 5.10. The highest BCUT2D eigenvalue weighted by Gasteiger charge is 2.19. The second-order valence-corrected chi connectivity index (χ2v) is 6.31. The van der Waals surface area contributed by atoms with E-state index in [0.717, 1.165) is 11.3 Å². The number of hydrogen-bond donors (Lipinski definition) is 1. The molecule has 2 aromatic carbocycles. The Morgan fingerprint density at radius 1 is 0.963 bits per heavy atom. The van der Waals surface area contributed by atoms with E-state index >= 15 is 0 Å². The summed E-state index contributed by atoms with van der Waals surface area (Å²) in [4.78, 5) is 17.1. The average Bonchev–Trinajstić information content (AvgIpc) is 3.17. The lowest BCUT2D eigenvalue weighted by atomic mass is 10.1. The Balaban J connectivity index is 1.74. The van der Waals surface area contributed by atoms with Gasteiger partial charge in [0.2, 0.25) is 0 Å². The molecule has 0 bridgehead atoms. The lowest BCUT2D eigenvalue weighted by Crippen LogP contribution is -2.12. The highest BCUT2D eigenvalue weighted by Crippen LogP contribution is 2.24. The minimum absolute atomic E-state index is 0.252. The van der Waals surface area contributed by atoms with E-state index in [1.165, 1.54) is 0 Å². The van der Waals surface area contributed by atoms with E-state index in [-0.39, 0.29) is 5.91 Å². The van der Waals surface area contributed by atoms with E-state index in [1.807, 2.05) is 42.5 Å². The molecule has 1 N–H and O–H groups in total. The van der Waals surface area contributed by atoms with Gasteiger partial charge in [-0.2, -0.15) is 5.10 Å². The number of nitrogens with zero attached hydrogens (tertiary/aromatic N) is 3. The molecule has 2 heterocycles. The van der Waals surface area contributed by atoms with E-state index in [9.17, 15) is 4.79 Å². The molecular weight excluding hydrogens is 360 g/mol. The first kappa shape index (κ1) is 17.0. The van der Waals surface area contributed by atoms with Crippen LogP contribution in [0.5, 0.6) is 0 Å². The molecule has 0 fully saturated rings. The number of rotatable bonds is 4.